The summed E-state index contributed by atoms with van der Waals surface area (Å²) in [4.78, 5) is 22.9. The number of aliphatic carboxylic acids is 1. The second-order valence-corrected chi connectivity index (χ2v) is 5.08. The molecule has 0 saturated heterocycles. The van der Waals surface area contributed by atoms with Crippen molar-refractivity contribution >= 4 is 27.8 Å². The second-order valence-electron chi connectivity index (χ2n) is 4.17. The molecule has 0 aliphatic heterocycles. The van der Waals surface area contributed by atoms with E-state index in [9.17, 15) is 14.7 Å². The fourth-order valence-electron chi connectivity index (χ4n) is 1.60. The minimum Gasteiger partial charge on any atom is -0.507 e. The Balaban J connectivity index is 2.78. The number of halogens is 1. The Kier molecular flexibility index (Phi) is 5.82. The van der Waals surface area contributed by atoms with Crippen molar-refractivity contribution in [3.63, 3.8) is 0 Å². The molecule has 0 spiro atoms. The zero-order chi connectivity index (χ0) is 14.4. The van der Waals surface area contributed by atoms with Gasteiger partial charge in [-0.05, 0) is 24.6 Å². The first-order valence-electron chi connectivity index (χ1n) is 5.98. The molecular formula is C13H16BrNO4. The highest BCUT2D eigenvalue weighted by Gasteiger charge is 2.21. The van der Waals surface area contributed by atoms with Gasteiger partial charge in [-0.2, -0.15) is 0 Å². The third kappa shape index (κ3) is 4.55. The fourth-order valence-corrected chi connectivity index (χ4v) is 1.95. The number of hydrogen-bond donors (Lipinski definition) is 3. The molecule has 0 aromatic heterocycles. The average Bonchev–Trinajstić information content (AvgIpc) is 2.33. The lowest BCUT2D eigenvalue weighted by atomic mass is 10.1. The van der Waals surface area contributed by atoms with E-state index in [2.05, 4.69) is 21.2 Å². The molecule has 1 aromatic carbocycles. The van der Waals surface area contributed by atoms with E-state index in [4.69, 9.17) is 5.11 Å². The molecule has 1 rings (SSSR count). The largest absolute Gasteiger partial charge is 0.507 e. The molecule has 1 amide bonds. The number of amides is 1. The predicted octanol–water partition coefficient (Wildman–Crippen LogP) is 2.53. The number of rotatable bonds is 6. The summed E-state index contributed by atoms with van der Waals surface area (Å²) in [6.07, 6.45) is 1.93. The van der Waals surface area contributed by atoms with Crippen molar-refractivity contribution in [2.24, 2.45) is 0 Å². The van der Waals surface area contributed by atoms with Gasteiger partial charge in [0.25, 0.3) is 5.91 Å². The highest BCUT2D eigenvalue weighted by molar-refractivity contribution is 9.10. The van der Waals surface area contributed by atoms with Gasteiger partial charge in [0.05, 0.1) is 5.56 Å². The van der Waals surface area contributed by atoms with Crippen LogP contribution in [-0.4, -0.2) is 28.1 Å². The van der Waals surface area contributed by atoms with Crippen molar-refractivity contribution in [2.45, 2.75) is 32.2 Å². The first-order valence-corrected chi connectivity index (χ1v) is 6.77. The summed E-state index contributed by atoms with van der Waals surface area (Å²) < 4.78 is 0.641. The van der Waals surface area contributed by atoms with Gasteiger partial charge < -0.3 is 15.5 Å². The Bertz CT molecular complexity index is 476. The molecule has 0 saturated carbocycles. The average molecular weight is 330 g/mol. The Morgan fingerprint density at radius 2 is 2.11 bits per heavy atom. The van der Waals surface area contributed by atoms with E-state index in [0.29, 0.717) is 17.3 Å². The molecular weight excluding hydrogens is 314 g/mol. The van der Waals surface area contributed by atoms with Crippen molar-refractivity contribution in [3.8, 4) is 5.75 Å². The molecule has 0 bridgehead atoms. The van der Waals surface area contributed by atoms with Crippen LogP contribution in [0, 0.1) is 0 Å². The number of phenolic OH excluding ortho intramolecular Hbond substituents is 1. The molecule has 0 radical (unpaired) electrons. The topological polar surface area (TPSA) is 86.6 Å². The quantitative estimate of drug-likeness (QED) is 0.748. The molecule has 0 heterocycles. The van der Waals surface area contributed by atoms with Gasteiger partial charge in [-0.15, -0.1) is 0 Å². The minimum absolute atomic E-state index is 0.0611. The highest BCUT2D eigenvalue weighted by atomic mass is 79.9. The fraction of sp³-hybridized carbons (Fsp3) is 0.385. The van der Waals surface area contributed by atoms with E-state index in [1.807, 2.05) is 6.92 Å². The number of benzene rings is 1. The second kappa shape index (κ2) is 7.13. The normalized spacial score (nSPS) is 11.9. The Morgan fingerprint density at radius 3 is 2.63 bits per heavy atom. The lowest BCUT2D eigenvalue weighted by molar-refractivity contribution is -0.139. The summed E-state index contributed by atoms with van der Waals surface area (Å²) >= 11 is 3.17. The van der Waals surface area contributed by atoms with Crippen LogP contribution < -0.4 is 5.32 Å². The lowest BCUT2D eigenvalue weighted by Gasteiger charge is -2.14. The maximum atomic E-state index is 11.9. The van der Waals surface area contributed by atoms with E-state index in [1.54, 1.807) is 6.07 Å². The lowest BCUT2D eigenvalue weighted by Crippen LogP contribution is -2.40. The standard InChI is InChI=1S/C13H16BrNO4/c1-2-3-4-10(13(18)19)15-12(17)9-6-5-8(14)7-11(9)16/h5-7,10,16H,2-4H2,1H3,(H,15,17)(H,18,19)/t10-/m0/s1. The molecule has 0 fully saturated rings. The molecule has 0 unspecified atom stereocenters. The van der Waals surface area contributed by atoms with Crippen LogP contribution in [0.4, 0.5) is 0 Å². The summed E-state index contributed by atoms with van der Waals surface area (Å²) in [5.41, 5.74) is 0.0611. The third-order valence-corrected chi connectivity index (χ3v) is 3.15. The van der Waals surface area contributed by atoms with Crippen LogP contribution in [0.5, 0.6) is 5.75 Å². The Hall–Kier alpha value is -1.56. The number of unbranched alkanes of at least 4 members (excludes halogenated alkanes) is 1. The summed E-state index contributed by atoms with van der Waals surface area (Å²) in [5, 5.41) is 21.1. The van der Waals surface area contributed by atoms with Gasteiger partial charge in [0.2, 0.25) is 0 Å². The molecule has 5 nitrogen and oxygen atoms in total. The molecule has 3 N–H and O–H groups in total. The predicted molar refractivity (Wildman–Crippen MR) is 74.2 cm³/mol. The van der Waals surface area contributed by atoms with Crippen LogP contribution in [0.15, 0.2) is 22.7 Å². The smallest absolute Gasteiger partial charge is 0.326 e. The van der Waals surface area contributed by atoms with Crippen LogP contribution in [0.25, 0.3) is 0 Å². The first-order chi connectivity index (χ1) is 8.95. The van der Waals surface area contributed by atoms with Crippen molar-refractivity contribution in [3.05, 3.63) is 28.2 Å². The summed E-state index contributed by atoms with van der Waals surface area (Å²) in [6, 6.07) is 3.50. The van der Waals surface area contributed by atoms with Crippen molar-refractivity contribution in [2.75, 3.05) is 0 Å². The molecule has 1 aromatic rings. The molecule has 0 aliphatic rings. The number of carboxylic acids is 1. The van der Waals surface area contributed by atoms with Crippen LogP contribution in [0.3, 0.4) is 0 Å². The molecule has 0 aliphatic carbocycles. The molecule has 1 atom stereocenters. The van der Waals surface area contributed by atoms with E-state index in [-0.39, 0.29) is 11.3 Å². The van der Waals surface area contributed by atoms with Crippen molar-refractivity contribution in [1.82, 2.24) is 5.32 Å². The van der Waals surface area contributed by atoms with Crippen molar-refractivity contribution < 1.29 is 19.8 Å². The van der Waals surface area contributed by atoms with E-state index >= 15 is 0 Å². The minimum atomic E-state index is -1.07. The number of carbonyl (C=O) groups excluding carboxylic acids is 1. The van der Waals surface area contributed by atoms with Gasteiger partial charge in [-0.3, -0.25) is 4.79 Å². The van der Waals surface area contributed by atoms with Crippen LogP contribution in [0.2, 0.25) is 0 Å². The number of phenols is 1. The van der Waals surface area contributed by atoms with Crippen LogP contribution >= 0.6 is 15.9 Å². The molecule has 6 heteroatoms. The summed E-state index contributed by atoms with van der Waals surface area (Å²) in [5.74, 6) is -1.85. The Labute approximate surface area is 119 Å². The van der Waals surface area contributed by atoms with Gasteiger partial charge in [0.15, 0.2) is 0 Å². The van der Waals surface area contributed by atoms with Gasteiger partial charge in [-0.1, -0.05) is 35.7 Å². The molecule has 19 heavy (non-hydrogen) atoms. The third-order valence-electron chi connectivity index (χ3n) is 2.65. The van der Waals surface area contributed by atoms with E-state index < -0.39 is 17.9 Å². The first kappa shape index (κ1) is 15.5. The van der Waals surface area contributed by atoms with Gasteiger partial charge in [0, 0.05) is 4.47 Å². The van der Waals surface area contributed by atoms with E-state index in [1.165, 1.54) is 12.1 Å². The summed E-state index contributed by atoms with van der Waals surface area (Å²) in [6.45, 7) is 1.95. The number of carbonyl (C=O) groups is 2. The van der Waals surface area contributed by atoms with Crippen molar-refractivity contribution in [1.29, 1.82) is 0 Å². The maximum absolute atomic E-state index is 11.9. The molecule has 104 valence electrons. The number of carboxylic acid groups (broad SMARTS) is 1. The zero-order valence-corrected chi connectivity index (χ0v) is 12.1. The SMILES string of the molecule is CCCC[C@H](NC(=O)c1ccc(Br)cc1O)C(=O)O. The van der Waals surface area contributed by atoms with Gasteiger partial charge >= 0.3 is 5.97 Å². The number of aromatic hydroxyl groups is 1. The maximum Gasteiger partial charge on any atom is 0.326 e. The highest BCUT2D eigenvalue weighted by Crippen LogP contribution is 2.22. The number of nitrogens with one attached hydrogen (secondary N) is 1. The number of hydrogen-bond acceptors (Lipinski definition) is 3. The van der Waals surface area contributed by atoms with Gasteiger partial charge in [-0.25, -0.2) is 4.79 Å². The van der Waals surface area contributed by atoms with E-state index in [0.717, 1.165) is 6.42 Å². The monoisotopic (exact) mass is 329 g/mol. The van der Waals surface area contributed by atoms with Crippen LogP contribution in [-0.2, 0) is 4.79 Å². The van der Waals surface area contributed by atoms with Crippen LogP contribution in [0.1, 0.15) is 36.5 Å². The summed E-state index contributed by atoms with van der Waals surface area (Å²) in [7, 11) is 0. The Morgan fingerprint density at radius 1 is 1.42 bits per heavy atom. The van der Waals surface area contributed by atoms with Gasteiger partial charge in [0.1, 0.15) is 11.8 Å². The zero-order valence-electron chi connectivity index (χ0n) is 10.5.